The first-order valence-electron chi connectivity index (χ1n) is 11.4. The Kier molecular flexibility index (Phi) is 14.8. The van der Waals surface area contributed by atoms with E-state index in [4.69, 9.17) is 0 Å². The molecular weight excluding hydrogens is 320 g/mol. The summed E-state index contributed by atoms with van der Waals surface area (Å²) >= 11 is 0. The number of unbranched alkanes of at least 4 members (excludes halogenated alkanes) is 12. The topological polar surface area (TPSA) is 35.8 Å². The molecule has 0 aromatic carbocycles. The lowest BCUT2D eigenvalue weighted by Crippen LogP contribution is -2.37. The molecule has 0 saturated carbocycles. The lowest BCUT2D eigenvalue weighted by molar-refractivity contribution is 0.00710. The minimum absolute atomic E-state index is 0.213. The highest BCUT2D eigenvalue weighted by molar-refractivity contribution is 5.62. The Morgan fingerprint density at radius 3 is 2.04 bits per heavy atom. The molecule has 3 nitrogen and oxygen atoms in total. The zero-order valence-corrected chi connectivity index (χ0v) is 17.5. The number of hydrogen-bond donors (Lipinski definition) is 1. The summed E-state index contributed by atoms with van der Waals surface area (Å²) in [6.45, 7) is 4.92. The Bertz CT molecular complexity index is 365. The van der Waals surface area contributed by atoms with Crippen LogP contribution in [0.2, 0.25) is 0 Å². The van der Waals surface area contributed by atoms with E-state index >= 15 is 0 Å². The maximum atomic E-state index is 9.70. The number of aliphatic imine (C=N–C) groups is 1. The molecule has 3 heteroatoms. The van der Waals surface area contributed by atoms with Gasteiger partial charge in [-0.1, -0.05) is 76.9 Å². The fourth-order valence-electron chi connectivity index (χ4n) is 3.69. The Labute approximate surface area is 163 Å². The van der Waals surface area contributed by atoms with E-state index in [0.29, 0.717) is 0 Å². The molecule has 1 aliphatic rings. The molecule has 0 saturated heterocycles. The maximum absolute atomic E-state index is 9.70. The van der Waals surface area contributed by atoms with Crippen molar-refractivity contribution >= 4 is 6.21 Å². The molecule has 1 heterocycles. The van der Waals surface area contributed by atoms with Gasteiger partial charge >= 0.3 is 0 Å². The number of aliphatic hydroxyl groups excluding tert-OH is 1. The molecule has 0 aromatic heterocycles. The number of allylic oxidation sites excluding steroid dienone is 2. The molecule has 0 aromatic rings. The molecule has 152 valence electrons. The summed E-state index contributed by atoms with van der Waals surface area (Å²) < 4.78 is 0. The van der Waals surface area contributed by atoms with E-state index in [2.05, 4.69) is 29.0 Å². The first-order valence-corrected chi connectivity index (χ1v) is 11.4. The van der Waals surface area contributed by atoms with Crippen molar-refractivity contribution < 1.29 is 5.11 Å². The van der Waals surface area contributed by atoms with Crippen molar-refractivity contribution in [1.29, 1.82) is 0 Å². The molecule has 0 bridgehead atoms. The second-order valence-corrected chi connectivity index (χ2v) is 7.87. The van der Waals surface area contributed by atoms with Crippen LogP contribution in [-0.2, 0) is 0 Å². The Hall–Kier alpha value is -0.670. The van der Waals surface area contributed by atoms with Crippen LogP contribution < -0.4 is 0 Å². The molecule has 2 unspecified atom stereocenters. The van der Waals surface area contributed by atoms with E-state index in [1.54, 1.807) is 0 Å². The highest BCUT2D eigenvalue weighted by atomic mass is 16.3. The van der Waals surface area contributed by atoms with Gasteiger partial charge in [-0.2, -0.15) is 0 Å². The summed E-state index contributed by atoms with van der Waals surface area (Å²) in [5, 5.41) is 9.70. The van der Waals surface area contributed by atoms with Crippen LogP contribution in [0.4, 0.5) is 0 Å². The Morgan fingerprint density at radius 1 is 0.923 bits per heavy atom. The van der Waals surface area contributed by atoms with Crippen LogP contribution in [0.5, 0.6) is 0 Å². The maximum Gasteiger partial charge on any atom is 0.106 e. The third-order valence-electron chi connectivity index (χ3n) is 5.41. The van der Waals surface area contributed by atoms with E-state index in [1.165, 1.54) is 89.9 Å². The van der Waals surface area contributed by atoms with E-state index < -0.39 is 0 Å². The van der Waals surface area contributed by atoms with Gasteiger partial charge in [0, 0.05) is 12.8 Å². The lowest BCUT2D eigenvalue weighted by atomic mass is 10.1. The Balaban J connectivity index is 1.81. The van der Waals surface area contributed by atoms with Crippen molar-refractivity contribution in [3.63, 3.8) is 0 Å². The largest absolute Gasteiger partial charge is 0.379 e. The van der Waals surface area contributed by atoms with Gasteiger partial charge in [0.2, 0.25) is 0 Å². The zero-order chi connectivity index (χ0) is 18.9. The van der Waals surface area contributed by atoms with Crippen LogP contribution >= 0.6 is 0 Å². The lowest BCUT2D eigenvalue weighted by Gasteiger charge is -2.25. The van der Waals surface area contributed by atoms with Gasteiger partial charge in [-0.25, -0.2) is 0 Å². The van der Waals surface area contributed by atoms with Gasteiger partial charge in [-0.05, 0) is 45.4 Å². The van der Waals surface area contributed by atoms with Gasteiger partial charge in [0.25, 0.3) is 0 Å². The fourth-order valence-corrected chi connectivity index (χ4v) is 3.69. The third-order valence-corrected chi connectivity index (χ3v) is 5.41. The predicted octanol–water partition coefficient (Wildman–Crippen LogP) is 6.46. The normalized spacial score (nSPS) is 19.0. The molecule has 0 amide bonds. The summed E-state index contributed by atoms with van der Waals surface area (Å²) in [5.41, 5.74) is 0. The van der Waals surface area contributed by atoms with Crippen LogP contribution in [0.15, 0.2) is 17.1 Å². The summed E-state index contributed by atoms with van der Waals surface area (Å²) in [7, 11) is 0. The summed E-state index contributed by atoms with van der Waals surface area (Å²) in [4.78, 5) is 6.54. The molecule has 0 spiro atoms. The fraction of sp³-hybridized carbons (Fsp3) is 0.870. The third kappa shape index (κ3) is 11.9. The molecule has 0 radical (unpaired) electrons. The van der Waals surface area contributed by atoms with Gasteiger partial charge in [-0.15, -0.1) is 0 Å². The number of aliphatic hydroxyl groups is 1. The van der Waals surface area contributed by atoms with Crippen LogP contribution in [0.25, 0.3) is 0 Å². The minimum Gasteiger partial charge on any atom is -0.379 e. The van der Waals surface area contributed by atoms with E-state index in [-0.39, 0.29) is 12.4 Å². The first kappa shape index (κ1) is 23.4. The van der Waals surface area contributed by atoms with Crippen LogP contribution in [0, 0.1) is 0 Å². The molecular formula is C23H44N2O. The van der Waals surface area contributed by atoms with E-state index in [0.717, 1.165) is 13.0 Å². The highest BCUT2D eigenvalue weighted by Crippen LogP contribution is 2.17. The van der Waals surface area contributed by atoms with Crippen molar-refractivity contribution in [2.24, 2.45) is 4.99 Å². The summed E-state index contributed by atoms with van der Waals surface area (Å²) in [6.07, 6.45) is 26.5. The van der Waals surface area contributed by atoms with Crippen molar-refractivity contribution in [3.8, 4) is 0 Å². The number of hydrogen-bond acceptors (Lipinski definition) is 3. The van der Waals surface area contributed by atoms with Crippen molar-refractivity contribution in [2.45, 2.75) is 123 Å². The van der Waals surface area contributed by atoms with E-state index in [9.17, 15) is 5.11 Å². The molecule has 1 N–H and O–H groups in total. The van der Waals surface area contributed by atoms with Crippen molar-refractivity contribution in [2.75, 3.05) is 6.54 Å². The first-order chi connectivity index (χ1) is 12.8. The second-order valence-electron chi connectivity index (χ2n) is 7.87. The average Bonchev–Trinajstić information content (AvgIpc) is 3.10. The van der Waals surface area contributed by atoms with E-state index in [1.807, 2.05) is 13.1 Å². The molecule has 0 fully saturated rings. The monoisotopic (exact) mass is 364 g/mol. The molecule has 26 heavy (non-hydrogen) atoms. The smallest absolute Gasteiger partial charge is 0.106 e. The van der Waals surface area contributed by atoms with Crippen molar-refractivity contribution in [3.05, 3.63) is 12.2 Å². The number of nitrogens with zero attached hydrogens (tertiary/aromatic N) is 2. The quantitative estimate of drug-likeness (QED) is 0.237. The zero-order valence-electron chi connectivity index (χ0n) is 17.5. The average molecular weight is 365 g/mol. The van der Waals surface area contributed by atoms with Gasteiger partial charge in [-0.3, -0.25) is 9.89 Å². The van der Waals surface area contributed by atoms with Crippen molar-refractivity contribution in [1.82, 2.24) is 4.90 Å². The van der Waals surface area contributed by atoms with Crippen LogP contribution in [0.1, 0.15) is 110 Å². The van der Waals surface area contributed by atoms with Gasteiger partial charge < -0.3 is 5.11 Å². The van der Waals surface area contributed by atoms with Gasteiger partial charge in [0.05, 0.1) is 0 Å². The molecule has 1 aliphatic heterocycles. The minimum atomic E-state index is -0.379. The van der Waals surface area contributed by atoms with Crippen LogP contribution in [0.3, 0.4) is 0 Å². The SMILES string of the molecule is CCCCCCCCC/C=C/CCCCCCCC1N=CCN1C(C)O. The molecule has 0 aliphatic carbocycles. The summed E-state index contributed by atoms with van der Waals surface area (Å²) in [6, 6.07) is 0. The van der Waals surface area contributed by atoms with Gasteiger partial charge in [0.15, 0.2) is 0 Å². The molecule has 1 rings (SSSR count). The molecule has 2 atom stereocenters. The highest BCUT2D eigenvalue weighted by Gasteiger charge is 2.23. The predicted molar refractivity (Wildman–Crippen MR) is 115 cm³/mol. The summed E-state index contributed by atoms with van der Waals surface area (Å²) in [5.74, 6) is 0. The Morgan fingerprint density at radius 2 is 1.46 bits per heavy atom. The number of rotatable bonds is 17. The second kappa shape index (κ2) is 16.5. The van der Waals surface area contributed by atoms with Gasteiger partial charge in [0.1, 0.15) is 12.4 Å². The standard InChI is InChI=1S/C23H44N2O/c1-3-4-5-6-7-8-9-10-11-12-13-14-15-16-17-18-19-23-24-20-21-25(23)22(2)26/h11-12,20,22-23,26H,3-10,13-19,21H2,1-2H3/b12-11+. The van der Waals surface area contributed by atoms with Crippen LogP contribution in [-0.4, -0.2) is 35.2 Å².